The van der Waals surface area contributed by atoms with E-state index in [1.807, 2.05) is 12.1 Å². The molecule has 0 spiro atoms. The molecule has 1 aromatic rings. The SMILES string of the molecule is CC(C)[C@@H](N)c1cc(Br)ccn1. The minimum Gasteiger partial charge on any atom is -0.322 e. The standard InChI is InChI=1S/C9H13BrN2/c1-6(2)9(11)8-5-7(10)3-4-12-8/h3-6,9H,11H2,1-2H3/t9-/m1/s1. The zero-order chi connectivity index (χ0) is 9.14. The number of hydrogen-bond donors (Lipinski definition) is 1. The van der Waals surface area contributed by atoms with Crippen LogP contribution >= 0.6 is 15.9 Å². The molecule has 0 radical (unpaired) electrons. The molecule has 0 amide bonds. The lowest BCUT2D eigenvalue weighted by Gasteiger charge is -2.14. The highest BCUT2D eigenvalue weighted by molar-refractivity contribution is 9.10. The number of pyridine rings is 1. The second-order valence-corrected chi connectivity index (χ2v) is 4.08. The van der Waals surface area contributed by atoms with E-state index in [9.17, 15) is 0 Å². The van der Waals surface area contributed by atoms with Gasteiger partial charge in [-0.1, -0.05) is 29.8 Å². The van der Waals surface area contributed by atoms with Crippen LogP contribution in [0.1, 0.15) is 25.6 Å². The Morgan fingerprint density at radius 1 is 1.50 bits per heavy atom. The van der Waals surface area contributed by atoms with Gasteiger partial charge in [-0.25, -0.2) is 0 Å². The molecule has 2 nitrogen and oxygen atoms in total. The molecule has 0 bridgehead atoms. The van der Waals surface area contributed by atoms with E-state index < -0.39 is 0 Å². The van der Waals surface area contributed by atoms with Crippen molar-refractivity contribution in [3.8, 4) is 0 Å². The van der Waals surface area contributed by atoms with Gasteiger partial charge >= 0.3 is 0 Å². The third kappa shape index (κ3) is 2.29. The first-order valence-corrected chi connectivity index (χ1v) is 4.77. The summed E-state index contributed by atoms with van der Waals surface area (Å²) >= 11 is 3.38. The molecule has 2 N–H and O–H groups in total. The summed E-state index contributed by atoms with van der Waals surface area (Å²) in [6.45, 7) is 4.18. The van der Waals surface area contributed by atoms with Gasteiger partial charge in [-0.2, -0.15) is 0 Å². The molecule has 1 atom stereocenters. The average Bonchev–Trinajstić information content (AvgIpc) is 2.03. The quantitative estimate of drug-likeness (QED) is 0.846. The molecule has 0 saturated heterocycles. The van der Waals surface area contributed by atoms with Crippen molar-refractivity contribution in [2.75, 3.05) is 0 Å². The second kappa shape index (κ2) is 4.01. The van der Waals surface area contributed by atoms with Crippen molar-refractivity contribution in [1.82, 2.24) is 4.98 Å². The molecule has 66 valence electrons. The first-order valence-electron chi connectivity index (χ1n) is 3.98. The van der Waals surface area contributed by atoms with Crippen molar-refractivity contribution in [2.45, 2.75) is 19.9 Å². The molecule has 0 aromatic carbocycles. The maximum atomic E-state index is 5.92. The summed E-state index contributed by atoms with van der Waals surface area (Å²) in [6, 6.07) is 3.89. The van der Waals surface area contributed by atoms with Crippen LogP contribution in [0.5, 0.6) is 0 Å². The van der Waals surface area contributed by atoms with Crippen molar-refractivity contribution in [3.63, 3.8) is 0 Å². The third-order valence-corrected chi connectivity index (χ3v) is 2.30. The summed E-state index contributed by atoms with van der Waals surface area (Å²) < 4.78 is 1.03. The smallest absolute Gasteiger partial charge is 0.0584 e. The third-order valence-electron chi connectivity index (χ3n) is 1.80. The van der Waals surface area contributed by atoms with Crippen LogP contribution in [0.3, 0.4) is 0 Å². The Labute approximate surface area is 81.3 Å². The topological polar surface area (TPSA) is 38.9 Å². The van der Waals surface area contributed by atoms with Crippen LogP contribution < -0.4 is 5.73 Å². The minimum absolute atomic E-state index is 0.0301. The highest BCUT2D eigenvalue weighted by Gasteiger charge is 2.11. The van der Waals surface area contributed by atoms with E-state index in [2.05, 4.69) is 34.8 Å². The Kier molecular flexibility index (Phi) is 3.23. The van der Waals surface area contributed by atoms with Gasteiger partial charge in [-0.3, -0.25) is 4.98 Å². The maximum absolute atomic E-state index is 5.92. The van der Waals surface area contributed by atoms with Crippen molar-refractivity contribution >= 4 is 15.9 Å². The fourth-order valence-electron chi connectivity index (χ4n) is 0.945. The lowest BCUT2D eigenvalue weighted by molar-refractivity contribution is 0.503. The normalized spacial score (nSPS) is 13.4. The Morgan fingerprint density at radius 2 is 2.17 bits per heavy atom. The fourth-order valence-corrected chi connectivity index (χ4v) is 1.30. The molecule has 12 heavy (non-hydrogen) atoms. The zero-order valence-electron chi connectivity index (χ0n) is 7.29. The van der Waals surface area contributed by atoms with Crippen LogP contribution in [0.4, 0.5) is 0 Å². The Morgan fingerprint density at radius 3 is 2.67 bits per heavy atom. The fraction of sp³-hybridized carbons (Fsp3) is 0.444. The van der Waals surface area contributed by atoms with Crippen molar-refractivity contribution in [1.29, 1.82) is 0 Å². The van der Waals surface area contributed by atoms with Crippen LogP contribution in [0.2, 0.25) is 0 Å². The molecule has 0 aliphatic heterocycles. The maximum Gasteiger partial charge on any atom is 0.0584 e. The predicted molar refractivity (Wildman–Crippen MR) is 53.7 cm³/mol. The van der Waals surface area contributed by atoms with Gasteiger partial charge in [-0.15, -0.1) is 0 Å². The summed E-state index contributed by atoms with van der Waals surface area (Å²) in [7, 11) is 0. The molecule has 3 heteroatoms. The van der Waals surface area contributed by atoms with Gasteiger partial charge in [0.2, 0.25) is 0 Å². The summed E-state index contributed by atoms with van der Waals surface area (Å²) in [4.78, 5) is 4.21. The highest BCUT2D eigenvalue weighted by atomic mass is 79.9. The van der Waals surface area contributed by atoms with Crippen LogP contribution in [0, 0.1) is 5.92 Å². The minimum atomic E-state index is 0.0301. The monoisotopic (exact) mass is 228 g/mol. The highest BCUT2D eigenvalue weighted by Crippen LogP contribution is 2.19. The van der Waals surface area contributed by atoms with Crippen molar-refractivity contribution in [3.05, 3.63) is 28.5 Å². The van der Waals surface area contributed by atoms with Gasteiger partial charge in [0, 0.05) is 16.7 Å². The average molecular weight is 229 g/mol. The van der Waals surface area contributed by atoms with Crippen LogP contribution in [0.15, 0.2) is 22.8 Å². The number of aromatic nitrogens is 1. The van der Waals surface area contributed by atoms with Crippen LogP contribution in [0.25, 0.3) is 0 Å². The van der Waals surface area contributed by atoms with Crippen molar-refractivity contribution < 1.29 is 0 Å². The summed E-state index contributed by atoms with van der Waals surface area (Å²) in [6.07, 6.45) is 1.77. The van der Waals surface area contributed by atoms with Gasteiger partial charge in [0.05, 0.1) is 5.69 Å². The largest absolute Gasteiger partial charge is 0.322 e. The number of halogens is 1. The molecule has 0 fully saturated rings. The van der Waals surface area contributed by atoms with E-state index in [1.54, 1.807) is 6.20 Å². The molecular formula is C9H13BrN2. The van der Waals surface area contributed by atoms with E-state index in [0.717, 1.165) is 10.2 Å². The van der Waals surface area contributed by atoms with E-state index in [1.165, 1.54) is 0 Å². The van der Waals surface area contributed by atoms with E-state index in [-0.39, 0.29) is 6.04 Å². The lowest BCUT2D eigenvalue weighted by atomic mass is 10.0. The van der Waals surface area contributed by atoms with Gasteiger partial charge in [0.25, 0.3) is 0 Å². The van der Waals surface area contributed by atoms with Gasteiger partial charge in [-0.05, 0) is 18.1 Å². The van der Waals surface area contributed by atoms with Gasteiger partial charge in [0.15, 0.2) is 0 Å². The molecule has 1 rings (SSSR count). The van der Waals surface area contributed by atoms with Crippen LogP contribution in [-0.2, 0) is 0 Å². The lowest BCUT2D eigenvalue weighted by Crippen LogP contribution is -2.17. The van der Waals surface area contributed by atoms with Gasteiger partial charge < -0.3 is 5.73 Å². The first-order chi connectivity index (χ1) is 5.61. The molecule has 0 aliphatic rings. The Hall–Kier alpha value is -0.410. The molecule has 0 aliphatic carbocycles. The Balaban J connectivity index is 2.88. The van der Waals surface area contributed by atoms with Crippen molar-refractivity contribution in [2.24, 2.45) is 11.7 Å². The Bertz CT molecular complexity index is 260. The van der Waals surface area contributed by atoms with E-state index in [0.29, 0.717) is 5.92 Å². The zero-order valence-corrected chi connectivity index (χ0v) is 8.88. The van der Waals surface area contributed by atoms with Gasteiger partial charge in [0.1, 0.15) is 0 Å². The first kappa shape index (κ1) is 9.68. The summed E-state index contributed by atoms with van der Waals surface area (Å²) in [5, 5.41) is 0. The summed E-state index contributed by atoms with van der Waals surface area (Å²) in [5.74, 6) is 0.423. The predicted octanol–water partition coefficient (Wildman–Crippen LogP) is 2.50. The number of nitrogens with zero attached hydrogens (tertiary/aromatic N) is 1. The summed E-state index contributed by atoms with van der Waals surface area (Å²) in [5.41, 5.74) is 6.87. The van der Waals surface area contributed by atoms with E-state index in [4.69, 9.17) is 5.73 Å². The van der Waals surface area contributed by atoms with Crippen LogP contribution in [-0.4, -0.2) is 4.98 Å². The molecule has 0 unspecified atom stereocenters. The molecular weight excluding hydrogens is 216 g/mol. The number of rotatable bonds is 2. The van der Waals surface area contributed by atoms with E-state index >= 15 is 0 Å². The molecule has 1 aromatic heterocycles. The molecule has 0 saturated carbocycles. The number of hydrogen-bond acceptors (Lipinski definition) is 2. The second-order valence-electron chi connectivity index (χ2n) is 3.17. The number of nitrogens with two attached hydrogens (primary N) is 1. The molecule has 1 heterocycles.